The first-order valence-corrected chi connectivity index (χ1v) is 8.82. The molecule has 134 valence electrons. The highest BCUT2D eigenvalue weighted by Gasteiger charge is 2.21. The summed E-state index contributed by atoms with van der Waals surface area (Å²) < 4.78 is 1.69. The number of aryl methyl sites for hydroxylation is 2. The van der Waals surface area contributed by atoms with Crippen LogP contribution in [0.3, 0.4) is 0 Å². The van der Waals surface area contributed by atoms with Crippen LogP contribution in [0.4, 0.5) is 0 Å². The normalized spacial score (nSPS) is 10.6. The zero-order valence-corrected chi connectivity index (χ0v) is 14.7. The van der Waals surface area contributed by atoms with Gasteiger partial charge in [-0.25, -0.2) is 0 Å². The SMILES string of the molecule is O=C(O)CN(Cc1cn(CCc2ccccc2)nn1)C(=O)c1cncs1. The Balaban J connectivity index is 1.64. The molecular formula is C17H17N5O3S. The number of carboxylic acid groups (broad SMARTS) is 1. The van der Waals surface area contributed by atoms with Crippen molar-refractivity contribution in [1.29, 1.82) is 0 Å². The predicted molar refractivity (Wildman–Crippen MR) is 94.7 cm³/mol. The average molecular weight is 371 g/mol. The van der Waals surface area contributed by atoms with Crippen molar-refractivity contribution in [3.8, 4) is 0 Å². The van der Waals surface area contributed by atoms with Gasteiger partial charge in [0.15, 0.2) is 0 Å². The van der Waals surface area contributed by atoms with Crippen LogP contribution in [0, 0.1) is 0 Å². The van der Waals surface area contributed by atoms with Crippen LogP contribution in [0.15, 0.2) is 48.2 Å². The molecule has 1 N–H and O–H groups in total. The summed E-state index contributed by atoms with van der Waals surface area (Å²) in [6.07, 6.45) is 3.97. The molecule has 0 radical (unpaired) electrons. The Kier molecular flexibility index (Phi) is 5.69. The minimum atomic E-state index is -1.08. The molecule has 2 heterocycles. The molecule has 1 amide bonds. The molecule has 0 fully saturated rings. The number of carboxylic acids is 1. The van der Waals surface area contributed by atoms with Crippen molar-refractivity contribution < 1.29 is 14.7 Å². The topological polar surface area (TPSA) is 101 Å². The van der Waals surface area contributed by atoms with E-state index >= 15 is 0 Å². The number of benzene rings is 1. The van der Waals surface area contributed by atoms with Gasteiger partial charge in [0.25, 0.3) is 5.91 Å². The summed E-state index contributed by atoms with van der Waals surface area (Å²) in [7, 11) is 0. The zero-order chi connectivity index (χ0) is 18.4. The van der Waals surface area contributed by atoms with Gasteiger partial charge in [-0.15, -0.1) is 16.4 Å². The fourth-order valence-corrected chi connectivity index (χ4v) is 3.03. The standard InChI is InChI=1S/C17H17N5O3S/c23-16(24)11-21(17(25)15-8-18-12-26-15)9-14-10-22(20-19-14)7-6-13-4-2-1-3-5-13/h1-5,8,10,12H,6-7,9,11H2,(H,23,24). The molecule has 0 spiro atoms. The second-order valence-electron chi connectivity index (χ2n) is 5.63. The molecule has 0 atom stereocenters. The second kappa shape index (κ2) is 8.34. The molecule has 0 aliphatic heterocycles. The van der Waals surface area contributed by atoms with Crippen LogP contribution in [0.5, 0.6) is 0 Å². The third-order valence-electron chi connectivity index (χ3n) is 3.67. The van der Waals surface area contributed by atoms with E-state index in [2.05, 4.69) is 15.3 Å². The summed E-state index contributed by atoms with van der Waals surface area (Å²) in [4.78, 5) is 29.0. The van der Waals surface area contributed by atoms with Crippen LogP contribution < -0.4 is 0 Å². The third kappa shape index (κ3) is 4.73. The number of carbonyl (C=O) groups is 2. The Labute approximate surface area is 153 Å². The monoisotopic (exact) mass is 371 g/mol. The van der Waals surface area contributed by atoms with Crippen LogP contribution in [-0.2, 0) is 24.3 Å². The Morgan fingerprint density at radius 2 is 2.04 bits per heavy atom. The van der Waals surface area contributed by atoms with E-state index < -0.39 is 12.5 Å². The Bertz CT molecular complexity index is 864. The van der Waals surface area contributed by atoms with E-state index in [1.54, 1.807) is 10.9 Å². The van der Waals surface area contributed by atoms with E-state index in [4.69, 9.17) is 5.11 Å². The van der Waals surface area contributed by atoms with Gasteiger partial charge < -0.3 is 10.0 Å². The third-order valence-corrected chi connectivity index (χ3v) is 4.43. The van der Waals surface area contributed by atoms with E-state index in [9.17, 15) is 9.59 Å². The van der Waals surface area contributed by atoms with Gasteiger partial charge >= 0.3 is 5.97 Å². The van der Waals surface area contributed by atoms with Gasteiger partial charge in [0.05, 0.1) is 24.4 Å². The van der Waals surface area contributed by atoms with Gasteiger partial charge in [0, 0.05) is 6.54 Å². The second-order valence-corrected chi connectivity index (χ2v) is 6.52. The molecule has 0 saturated heterocycles. The van der Waals surface area contributed by atoms with Crippen molar-refractivity contribution in [3.63, 3.8) is 0 Å². The fraction of sp³-hybridized carbons (Fsp3) is 0.235. The number of hydrogen-bond acceptors (Lipinski definition) is 6. The number of aromatic nitrogens is 4. The fourth-order valence-electron chi connectivity index (χ4n) is 2.44. The lowest BCUT2D eigenvalue weighted by molar-refractivity contribution is -0.137. The van der Waals surface area contributed by atoms with Crippen molar-refractivity contribution in [1.82, 2.24) is 24.9 Å². The number of nitrogens with zero attached hydrogens (tertiary/aromatic N) is 5. The number of aliphatic carboxylic acids is 1. The highest BCUT2D eigenvalue weighted by molar-refractivity contribution is 7.11. The summed E-state index contributed by atoms with van der Waals surface area (Å²) in [5.41, 5.74) is 3.26. The smallest absolute Gasteiger partial charge is 0.323 e. The minimum absolute atomic E-state index is 0.0777. The molecule has 0 aliphatic rings. The first-order valence-electron chi connectivity index (χ1n) is 7.94. The summed E-state index contributed by atoms with van der Waals surface area (Å²) >= 11 is 1.17. The van der Waals surface area contributed by atoms with Gasteiger partial charge in [-0.1, -0.05) is 35.5 Å². The maximum atomic E-state index is 12.4. The molecule has 0 saturated carbocycles. The average Bonchev–Trinajstić information content (AvgIpc) is 3.31. The van der Waals surface area contributed by atoms with Crippen molar-refractivity contribution in [2.24, 2.45) is 0 Å². The Morgan fingerprint density at radius 3 is 2.73 bits per heavy atom. The predicted octanol–water partition coefficient (Wildman–Crippen LogP) is 1.70. The van der Waals surface area contributed by atoms with E-state index in [0.29, 0.717) is 17.1 Å². The summed E-state index contributed by atoms with van der Waals surface area (Å²) in [6.45, 7) is 0.320. The van der Waals surface area contributed by atoms with Crippen LogP contribution in [0.2, 0.25) is 0 Å². The Hall–Kier alpha value is -3.07. The summed E-state index contributed by atoms with van der Waals surface area (Å²) in [5, 5.41) is 17.2. The van der Waals surface area contributed by atoms with Crippen molar-refractivity contribution in [3.05, 3.63) is 64.4 Å². The molecule has 0 unspecified atom stereocenters. The number of rotatable bonds is 8. The molecule has 2 aromatic heterocycles. The molecule has 26 heavy (non-hydrogen) atoms. The number of carbonyl (C=O) groups excluding carboxylic acids is 1. The highest BCUT2D eigenvalue weighted by atomic mass is 32.1. The van der Waals surface area contributed by atoms with E-state index in [-0.39, 0.29) is 12.5 Å². The molecule has 8 nitrogen and oxygen atoms in total. The van der Waals surface area contributed by atoms with Crippen LogP contribution in [0.1, 0.15) is 20.9 Å². The van der Waals surface area contributed by atoms with Gasteiger partial charge in [-0.3, -0.25) is 19.3 Å². The largest absolute Gasteiger partial charge is 0.480 e. The number of amides is 1. The van der Waals surface area contributed by atoms with Crippen LogP contribution in [0.25, 0.3) is 0 Å². The lowest BCUT2D eigenvalue weighted by Gasteiger charge is -2.18. The molecular weight excluding hydrogens is 354 g/mol. The molecule has 0 bridgehead atoms. The number of hydrogen-bond donors (Lipinski definition) is 1. The Morgan fingerprint density at radius 1 is 1.23 bits per heavy atom. The number of thiazole rings is 1. The lowest BCUT2D eigenvalue weighted by atomic mass is 10.1. The van der Waals surface area contributed by atoms with E-state index in [1.165, 1.54) is 33.5 Å². The van der Waals surface area contributed by atoms with E-state index in [0.717, 1.165) is 6.42 Å². The van der Waals surface area contributed by atoms with Crippen molar-refractivity contribution in [2.75, 3.05) is 6.54 Å². The molecule has 3 aromatic rings. The highest BCUT2D eigenvalue weighted by Crippen LogP contribution is 2.12. The maximum absolute atomic E-state index is 12.4. The van der Waals surface area contributed by atoms with Gasteiger partial charge in [-0.05, 0) is 12.0 Å². The lowest BCUT2D eigenvalue weighted by Crippen LogP contribution is -2.34. The molecule has 1 aromatic carbocycles. The minimum Gasteiger partial charge on any atom is -0.480 e. The first kappa shape index (κ1) is 17.7. The van der Waals surface area contributed by atoms with Gasteiger partial charge in [-0.2, -0.15) is 0 Å². The molecule has 9 heteroatoms. The van der Waals surface area contributed by atoms with E-state index in [1.807, 2.05) is 30.3 Å². The van der Waals surface area contributed by atoms with Crippen molar-refractivity contribution in [2.45, 2.75) is 19.5 Å². The van der Waals surface area contributed by atoms with Gasteiger partial charge in [0.2, 0.25) is 0 Å². The van der Waals surface area contributed by atoms with Crippen LogP contribution in [-0.4, -0.2) is 48.4 Å². The van der Waals surface area contributed by atoms with Gasteiger partial charge in [0.1, 0.15) is 17.1 Å². The summed E-state index contributed by atoms with van der Waals surface area (Å²) in [6, 6.07) is 10.0. The van der Waals surface area contributed by atoms with Crippen LogP contribution >= 0.6 is 11.3 Å². The first-order chi connectivity index (χ1) is 12.6. The quantitative estimate of drug-likeness (QED) is 0.647. The molecule has 0 aliphatic carbocycles. The zero-order valence-electron chi connectivity index (χ0n) is 13.9. The van der Waals surface area contributed by atoms with Crippen molar-refractivity contribution >= 4 is 23.2 Å². The maximum Gasteiger partial charge on any atom is 0.323 e. The summed E-state index contributed by atoms with van der Waals surface area (Å²) in [5.74, 6) is -1.46. The molecule has 3 rings (SSSR count).